The number of benzene rings is 2. The standard InChI is InChI=1S/C25H30ClFN4O2S/c1-14(2)18-7-10-20(11-8-18)33-16(5)23-29-30-25(31(23)15(3)4)34-17(6)24(32)28-19-9-12-22(27)21(26)13-19/h7-17H,1-6H3,(H,28,32). The smallest absolute Gasteiger partial charge is 0.237 e. The summed E-state index contributed by atoms with van der Waals surface area (Å²) in [5.74, 6) is 1.11. The lowest BCUT2D eigenvalue weighted by Gasteiger charge is -2.20. The second kappa shape index (κ2) is 11.2. The largest absolute Gasteiger partial charge is 0.483 e. The predicted molar refractivity (Wildman–Crippen MR) is 135 cm³/mol. The molecule has 182 valence electrons. The number of aromatic nitrogens is 3. The second-order valence-electron chi connectivity index (χ2n) is 8.67. The van der Waals surface area contributed by atoms with Gasteiger partial charge in [0.05, 0.1) is 10.3 Å². The minimum absolute atomic E-state index is 0.0462. The van der Waals surface area contributed by atoms with Crippen LogP contribution < -0.4 is 10.1 Å². The van der Waals surface area contributed by atoms with E-state index in [1.165, 1.54) is 35.5 Å². The van der Waals surface area contributed by atoms with Crippen molar-refractivity contribution in [1.82, 2.24) is 14.8 Å². The highest BCUT2D eigenvalue weighted by molar-refractivity contribution is 8.00. The highest BCUT2D eigenvalue weighted by atomic mass is 35.5. The van der Waals surface area contributed by atoms with E-state index in [4.69, 9.17) is 16.3 Å². The summed E-state index contributed by atoms with van der Waals surface area (Å²) in [6.45, 7) is 12.1. The number of carbonyl (C=O) groups is 1. The van der Waals surface area contributed by atoms with Gasteiger partial charge in [-0.25, -0.2) is 4.39 Å². The number of ether oxygens (including phenoxy) is 1. The van der Waals surface area contributed by atoms with Crippen LogP contribution in [0.5, 0.6) is 5.75 Å². The first-order valence-corrected chi connectivity index (χ1v) is 12.5. The van der Waals surface area contributed by atoms with E-state index in [1.807, 2.05) is 37.5 Å². The van der Waals surface area contributed by atoms with Gasteiger partial charge in [0.25, 0.3) is 0 Å². The molecule has 0 aliphatic rings. The first-order valence-electron chi connectivity index (χ1n) is 11.2. The summed E-state index contributed by atoms with van der Waals surface area (Å²) in [5.41, 5.74) is 1.68. The fourth-order valence-electron chi connectivity index (χ4n) is 3.35. The summed E-state index contributed by atoms with van der Waals surface area (Å²) in [5, 5.41) is 11.6. The molecule has 0 bridgehead atoms. The Kier molecular flexibility index (Phi) is 8.60. The van der Waals surface area contributed by atoms with Crippen molar-refractivity contribution < 1.29 is 13.9 Å². The van der Waals surface area contributed by atoms with Gasteiger partial charge in [-0.15, -0.1) is 10.2 Å². The third kappa shape index (κ3) is 6.30. The van der Waals surface area contributed by atoms with Crippen molar-refractivity contribution in [3.05, 3.63) is 64.7 Å². The number of thioether (sulfide) groups is 1. The van der Waals surface area contributed by atoms with Crippen LogP contribution in [0.2, 0.25) is 5.02 Å². The van der Waals surface area contributed by atoms with Gasteiger partial charge in [-0.2, -0.15) is 0 Å². The summed E-state index contributed by atoms with van der Waals surface area (Å²) >= 11 is 7.11. The van der Waals surface area contributed by atoms with E-state index >= 15 is 0 Å². The Bertz CT molecular complexity index is 1130. The molecule has 2 aromatic carbocycles. The fourth-order valence-corrected chi connectivity index (χ4v) is 4.52. The van der Waals surface area contributed by atoms with Crippen LogP contribution in [0.3, 0.4) is 0 Å². The van der Waals surface area contributed by atoms with E-state index in [2.05, 4.69) is 41.5 Å². The molecular weight excluding hydrogens is 475 g/mol. The van der Waals surface area contributed by atoms with E-state index in [-0.39, 0.29) is 23.1 Å². The van der Waals surface area contributed by atoms with Crippen LogP contribution in [-0.4, -0.2) is 25.9 Å². The van der Waals surface area contributed by atoms with E-state index in [0.29, 0.717) is 22.6 Å². The van der Waals surface area contributed by atoms with Gasteiger partial charge in [0.1, 0.15) is 11.6 Å². The molecular formula is C25H30ClFN4O2S. The highest BCUT2D eigenvalue weighted by Crippen LogP contribution is 2.31. The van der Waals surface area contributed by atoms with Crippen LogP contribution in [-0.2, 0) is 4.79 Å². The lowest BCUT2D eigenvalue weighted by Crippen LogP contribution is -2.23. The molecule has 0 aliphatic carbocycles. The Morgan fingerprint density at radius 3 is 2.32 bits per heavy atom. The average Bonchev–Trinajstić information content (AvgIpc) is 3.20. The van der Waals surface area contributed by atoms with Gasteiger partial charge in [0, 0.05) is 11.7 Å². The monoisotopic (exact) mass is 504 g/mol. The molecule has 1 N–H and O–H groups in total. The molecule has 1 heterocycles. The maximum absolute atomic E-state index is 13.4. The van der Waals surface area contributed by atoms with Crippen LogP contribution in [0.25, 0.3) is 0 Å². The first-order chi connectivity index (χ1) is 16.1. The number of hydrogen-bond donors (Lipinski definition) is 1. The molecule has 1 amide bonds. The van der Waals surface area contributed by atoms with Gasteiger partial charge in [0.2, 0.25) is 5.91 Å². The minimum atomic E-state index is -0.535. The number of amides is 1. The molecule has 9 heteroatoms. The molecule has 0 aliphatic heterocycles. The van der Waals surface area contributed by atoms with Crippen LogP contribution in [0.4, 0.5) is 10.1 Å². The molecule has 0 spiro atoms. The van der Waals surface area contributed by atoms with Crippen LogP contribution in [0, 0.1) is 5.82 Å². The van der Waals surface area contributed by atoms with Gasteiger partial charge >= 0.3 is 0 Å². The van der Waals surface area contributed by atoms with Crippen molar-refractivity contribution in [2.75, 3.05) is 5.32 Å². The maximum atomic E-state index is 13.4. The van der Waals surface area contributed by atoms with Crippen LogP contribution in [0.15, 0.2) is 47.6 Å². The van der Waals surface area contributed by atoms with E-state index in [9.17, 15) is 9.18 Å². The summed E-state index contributed by atoms with van der Waals surface area (Å²) in [6, 6.07) is 12.2. The molecule has 6 nitrogen and oxygen atoms in total. The number of hydrogen-bond acceptors (Lipinski definition) is 5. The van der Waals surface area contributed by atoms with E-state index < -0.39 is 11.1 Å². The number of halogens is 2. The topological polar surface area (TPSA) is 69.0 Å². The number of nitrogens with zero attached hydrogens (tertiary/aromatic N) is 3. The zero-order valence-electron chi connectivity index (χ0n) is 20.2. The zero-order valence-corrected chi connectivity index (χ0v) is 21.7. The van der Waals surface area contributed by atoms with E-state index in [1.54, 1.807) is 6.92 Å². The molecule has 0 saturated carbocycles. The third-order valence-electron chi connectivity index (χ3n) is 5.27. The fraction of sp³-hybridized carbons (Fsp3) is 0.400. The predicted octanol–water partition coefficient (Wildman–Crippen LogP) is 7.03. The molecule has 34 heavy (non-hydrogen) atoms. The zero-order chi connectivity index (χ0) is 25.0. The summed E-state index contributed by atoms with van der Waals surface area (Å²) in [4.78, 5) is 12.7. The molecule has 2 unspecified atom stereocenters. The van der Waals surface area contributed by atoms with Gasteiger partial charge in [0.15, 0.2) is 17.1 Å². The molecule has 0 saturated heterocycles. The molecule has 0 fully saturated rings. The normalized spacial score (nSPS) is 13.2. The Morgan fingerprint density at radius 1 is 1.06 bits per heavy atom. The lowest BCUT2D eigenvalue weighted by molar-refractivity contribution is -0.115. The summed E-state index contributed by atoms with van der Waals surface area (Å²) < 4.78 is 21.5. The van der Waals surface area contributed by atoms with Crippen molar-refractivity contribution in [2.45, 2.75) is 70.0 Å². The van der Waals surface area contributed by atoms with Gasteiger partial charge in [-0.05, 0) is 69.5 Å². The van der Waals surface area contributed by atoms with Crippen LogP contribution in [0.1, 0.15) is 71.0 Å². The number of carbonyl (C=O) groups excluding carboxylic acids is 1. The number of rotatable bonds is 9. The molecule has 1 aromatic heterocycles. The van der Waals surface area contributed by atoms with Crippen LogP contribution >= 0.6 is 23.4 Å². The van der Waals surface area contributed by atoms with E-state index in [0.717, 1.165) is 5.75 Å². The first kappa shape index (κ1) is 26.0. The Morgan fingerprint density at radius 2 is 1.74 bits per heavy atom. The Hall–Kier alpha value is -2.58. The SMILES string of the molecule is CC(Sc1nnc(C(C)Oc2ccc(C(C)C)cc2)n1C(C)C)C(=O)Nc1ccc(F)c(Cl)c1. The Labute approximate surface area is 209 Å². The minimum Gasteiger partial charge on any atom is -0.483 e. The highest BCUT2D eigenvalue weighted by Gasteiger charge is 2.25. The summed E-state index contributed by atoms with van der Waals surface area (Å²) in [7, 11) is 0. The number of nitrogens with one attached hydrogen (secondary N) is 1. The summed E-state index contributed by atoms with van der Waals surface area (Å²) in [6.07, 6.45) is -0.334. The third-order valence-corrected chi connectivity index (χ3v) is 6.62. The number of anilines is 1. The van der Waals surface area contributed by atoms with Gasteiger partial charge in [-0.3, -0.25) is 4.79 Å². The van der Waals surface area contributed by atoms with Crippen molar-refractivity contribution in [2.24, 2.45) is 0 Å². The average molecular weight is 505 g/mol. The lowest BCUT2D eigenvalue weighted by atomic mass is 10.0. The van der Waals surface area contributed by atoms with Gasteiger partial charge in [-0.1, -0.05) is 49.3 Å². The second-order valence-corrected chi connectivity index (χ2v) is 10.4. The van der Waals surface area contributed by atoms with Crippen molar-refractivity contribution >= 4 is 35.0 Å². The molecule has 3 aromatic rings. The Balaban J connectivity index is 1.72. The maximum Gasteiger partial charge on any atom is 0.237 e. The quantitative estimate of drug-likeness (QED) is 0.317. The van der Waals surface area contributed by atoms with Crippen molar-refractivity contribution in [3.63, 3.8) is 0 Å². The molecule has 3 rings (SSSR count). The molecule has 0 radical (unpaired) electrons. The van der Waals surface area contributed by atoms with Gasteiger partial charge < -0.3 is 14.6 Å². The van der Waals surface area contributed by atoms with Crippen molar-refractivity contribution in [3.8, 4) is 5.75 Å². The van der Waals surface area contributed by atoms with Crippen molar-refractivity contribution in [1.29, 1.82) is 0 Å². The molecule has 2 atom stereocenters.